The lowest BCUT2D eigenvalue weighted by molar-refractivity contribution is 0.0756. The fraction of sp³-hybridized carbons (Fsp3) is 0.600. The molecule has 2 atom stereocenters. The van der Waals surface area contributed by atoms with E-state index >= 15 is 0 Å². The summed E-state index contributed by atoms with van der Waals surface area (Å²) in [6, 6.07) is 6.65. The Morgan fingerprint density at radius 3 is 2.95 bits per heavy atom. The maximum absolute atomic E-state index is 11.7. The van der Waals surface area contributed by atoms with Crippen LogP contribution in [0.15, 0.2) is 18.2 Å². The summed E-state index contributed by atoms with van der Waals surface area (Å²) >= 11 is 0. The monoisotopic (exact) mass is 295 g/mol. The van der Waals surface area contributed by atoms with Crippen LogP contribution in [-0.2, 0) is 21.0 Å². The largest absolute Gasteiger partial charge is 0.377 e. The lowest BCUT2D eigenvalue weighted by Crippen LogP contribution is -2.54. The molecular weight excluding hydrogens is 274 g/mol. The van der Waals surface area contributed by atoms with E-state index in [1.165, 1.54) is 23.1 Å². The summed E-state index contributed by atoms with van der Waals surface area (Å²) in [4.78, 5) is 2.35. The Morgan fingerprint density at radius 1 is 1.40 bits per heavy atom. The number of rotatable bonds is 2. The van der Waals surface area contributed by atoms with Crippen LogP contribution in [0.2, 0.25) is 0 Å². The lowest BCUT2D eigenvalue weighted by atomic mass is 9.86. The maximum atomic E-state index is 11.7. The Hall–Kier alpha value is -1.07. The molecule has 0 bridgehead atoms. The van der Waals surface area contributed by atoms with E-state index in [9.17, 15) is 8.42 Å². The Kier molecular flexibility index (Phi) is 3.50. The number of fused-ring (bicyclic) bond motifs is 3. The third kappa shape index (κ3) is 2.69. The molecule has 1 aromatic carbocycles. The highest BCUT2D eigenvalue weighted by Gasteiger charge is 2.37. The number of hydrogen-bond donors (Lipinski definition) is 0. The van der Waals surface area contributed by atoms with Crippen LogP contribution in [-0.4, -0.2) is 46.2 Å². The standard InChI is InChI=1S/C15H21NO3S/c1-11-3-4-12-8-13(10-20(2,17)18)15-9-19-6-5-16(15)14(12)7-11/h3-4,7,13,15H,5-6,8-10H2,1-2H3. The van der Waals surface area contributed by atoms with Crippen molar-refractivity contribution in [2.75, 3.05) is 36.7 Å². The van der Waals surface area contributed by atoms with Crippen molar-refractivity contribution in [1.82, 2.24) is 0 Å². The molecule has 1 fully saturated rings. The van der Waals surface area contributed by atoms with Crippen molar-refractivity contribution in [2.24, 2.45) is 5.92 Å². The SMILES string of the molecule is Cc1ccc2c(c1)N1CCOCC1C(CS(C)(=O)=O)C2. The second-order valence-corrected chi connectivity index (χ2v) is 8.21. The van der Waals surface area contributed by atoms with Gasteiger partial charge in [-0.25, -0.2) is 8.42 Å². The average Bonchev–Trinajstić information content (AvgIpc) is 2.38. The Bertz CT molecular complexity index is 612. The fourth-order valence-electron chi connectivity index (χ4n) is 3.40. The molecule has 1 aromatic rings. The molecule has 20 heavy (non-hydrogen) atoms. The van der Waals surface area contributed by atoms with E-state index in [0.29, 0.717) is 6.61 Å². The van der Waals surface area contributed by atoms with Gasteiger partial charge in [-0.3, -0.25) is 0 Å². The molecule has 0 saturated carbocycles. The summed E-state index contributed by atoms with van der Waals surface area (Å²) in [6.07, 6.45) is 2.15. The number of nitrogens with zero attached hydrogens (tertiary/aromatic N) is 1. The van der Waals surface area contributed by atoms with Gasteiger partial charge in [-0.15, -0.1) is 0 Å². The van der Waals surface area contributed by atoms with Crippen molar-refractivity contribution in [3.05, 3.63) is 29.3 Å². The van der Waals surface area contributed by atoms with E-state index < -0.39 is 9.84 Å². The minimum absolute atomic E-state index is 0.125. The zero-order valence-electron chi connectivity index (χ0n) is 12.0. The third-order valence-electron chi connectivity index (χ3n) is 4.26. The van der Waals surface area contributed by atoms with Gasteiger partial charge >= 0.3 is 0 Å². The predicted molar refractivity (Wildman–Crippen MR) is 80.0 cm³/mol. The minimum atomic E-state index is -2.97. The van der Waals surface area contributed by atoms with E-state index in [2.05, 4.69) is 30.0 Å². The smallest absolute Gasteiger partial charge is 0.147 e. The molecule has 2 aliphatic rings. The normalized spacial score (nSPS) is 26.0. The number of aryl methyl sites for hydroxylation is 1. The zero-order chi connectivity index (χ0) is 14.3. The summed E-state index contributed by atoms with van der Waals surface area (Å²) in [5, 5.41) is 0. The predicted octanol–water partition coefficient (Wildman–Crippen LogP) is 1.42. The van der Waals surface area contributed by atoms with E-state index in [1.807, 2.05) is 0 Å². The summed E-state index contributed by atoms with van der Waals surface area (Å²) in [5.41, 5.74) is 3.78. The molecule has 2 heterocycles. The van der Waals surface area contributed by atoms with Crippen molar-refractivity contribution < 1.29 is 13.2 Å². The number of sulfone groups is 1. The van der Waals surface area contributed by atoms with E-state index in [0.717, 1.165) is 19.6 Å². The lowest BCUT2D eigenvalue weighted by Gasteiger charge is -2.46. The second-order valence-electron chi connectivity index (χ2n) is 6.02. The van der Waals surface area contributed by atoms with Crippen LogP contribution >= 0.6 is 0 Å². The van der Waals surface area contributed by atoms with Crippen LogP contribution in [0.5, 0.6) is 0 Å². The number of morpholine rings is 1. The Balaban J connectivity index is 1.98. The topological polar surface area (TPSA) is 46.6 Å². The van der Waals surface area contributed by atoms with Gasteiger partial charge in [0.05, 0.1) is 25.0 Å². The quantitative estimate of drug-likeness (QED) is 0.828. The third-order valence-corrected chi connectivity index (χ3v) is 5.29. The molecule has 0 amide bonds. The molecule has 110 valence electrons. The van der Waals surface area contributed by atoms with Gasteiger partial charge in [-0.1, -0.05) is 12.1 Å². The van der Waals surface area contributed by atoms with E-state index in [4.69, 9.17) is 4.74 Å². The fourth-order valence-corrected chi connectivity index (χ4v) is 4.52. The Morgan fingerprint density at radius 2 is 2.20 bits per heavy atom. The van der Waals surface area contributed by atoms with Crippen molar-refractivity contribution in [2.45, 2.75) is 19.4 Å². The first-order valence-electron chi connectivity index (χ1n) is 7.06. The molecule has 1 saturated heterocycles. The highest BCUT2D eigenvalue weighted by molar-refractivity contribution is 7.90. The first kappa shape index (κ1) is 13.9. The average molecular weight is 295 g/mol. The molecule has 0 N–H and O–H groups in total. The summed E-state index contributed by atoms with van der Waals surface area (Å²) in [7, 11) is -2.97. The molecule has 0 aromatic heterocycles. The molecule has 4 nitrogen and oxygen atoms in total. The van der Waals surface area contributed by atoms with Crippen molar-refractivity contribution in [3.8, 4) is 0 Å². The van der Waals surface area contributed by atoms with Gasteiger partial charge in [0.2, 0.25) is 0 Å². The van der Waals surface area contributed by atoms with Crippen LogP contribution in [0.4, 0.5) is 5.69 Å². The van der Waals surface area contributed by atoms with Gasteiger partial charge in [0.15, 0.2) is 0 Å². The molecule has 3 rings (SSSR count). The highest BCUT2D eigenvalue weighted by Crippen LogP contribution is 2.36. The number of ether oxygens (including phenoxy) is 1. The van der Waals surface area contributed by atoms with Gasteiger partial charge in [0, 0.05) is 18.5 Å². The summed E-state index contributed by atoms with van der Waals surface area (Å²) < 4.78 is 29.0. The summed E-state index contributed by atoms with van der Waals surface area (Å²) in [6.45, 7) is 4.29. The molecule has 0 aliphatic carbocycles. The second kappa shape index (κ2) is 5.04. The van der Waals surface area contributed by atoms with Gasteiger partial charge in [-0.2, -0.15) is 0 Å². The Labute approximate surface area is 120 Å². The van der Waals surface area contributed by atoms with Crippen LogP contribution in [0.25, 0.3) is 0 Å². The number of hydrogen-bond acceptors (Lipinski definition) is 4. The number of anilines is 1. The van der Waals surface area contributed by atoms with Crippen molar-refractivity contribution in [3.63, 3.8) is 0 Å². The minimum Gasteiger partial charge on any atom is -0.377 e. The molecule has 5 heteroatoms. The first-order chi connectivity index (χ1) is 9.44. The molecule has 0 radical (unpaired) electrons. The van der Waals surface area contributed by atoms with Gasteiger partial charge < -0.3 is 9.64 Å². The van der Waals surface area contributed by atoms with Gasteiger partial charge in [0.1, 0.15) is 9.84 Å². The molecular formula is C15H21NO3S. The van der Waals surface area contributed by atoms with Gasteiger partial charge in [-0.05, 0) is 36.5 Å². The zero-order valence-corrected chi connectivity index (χ0v) is 12.8. The maximum Gasteiger partial charge on any atom is 0.147 e. The van der Waals surface area contributed by atoms with Crippen molar-refractivity contribution in [1.29, 1.82) is 0 Å². The van der Waals surface area contributed by atoms with Crippen molar-refractivity contribution >= 4 is 15.5 Å². The van der Waals surface area contributed by atoms with Crippen LogP contribution in [0.3, 0.4) is 0 Å². The molecule has 0 spiro atoms. The first-order valence-corrected chi connectivity index (χ1v) is 9.12. The van der Waals surface area contributed by atoms with Gasteiger partial charge in [0.25, 0.3) is 0 Å². The van der Waals surface area contributed by atoms with E-state index in [1.54, 1.807) is 0 Å². The highest BCUT2D eigenvalue weighted by atomic mass is 32.2. The molecule has 2 aliphatic heterocycles. The van der Waals surface area contributed by atoms with Crippen LogP contribution < -0.4 is 4.90 Å². The number of benzene rings is 1. The summed E-state index contributed by atoms with van der Waals surface area (Å²) in [5.74, 6) is 0.366. The van der Waals surface area contributed by atoms with E-state index in [-0.39, 0.29) is 17.7 Å². The van der Waals surface area contributed by atoms with Crippen LogP contribution in [0, 0.1) is 12.8 Å². The van der Waals surface area contributed by atoms with Crippen LogP contribution in [0.1, 0.15) is 11.1 Å². The molecule has 2 unspecified atom stereocenters.